The van der Waals surface area contributed by atoms with Gasteiger partial charge in [0.1, 0.15) is 0 Å². The van der Waals surface area contributed by atoms with Gasteiger partial charge in [-0.3, -0.25) is 0 Å². The van der Waals surface area contributed by atoms with Crippen LogP contribution in [0.3, 0.4) is 0 Å². The molecule has 0 saturated heterocycles. The van der Waals surface area contributed by atoms with Crippen molar-refractivity contribution in [2.24, 2.45) is 0 Å². The summed E-state index contributed by atoms with van der Waals surface area (Å²) in [7, 11) is 0. The highest BCUT2D eigenvalue weighted by atomic mass is 127. The molecule has 2 nitrogen and oxygen atoms in total. The molecule has 0 aliphatic rings. The van der Waals surface area contributed by atoms with E-state index in [0.29, 0.717) is 12.2 Å². The molecule has 1 aromatic rings. The van der Waals surface area contributed by atoms with Gasteiger partial charge >= 0.3 is 5.97 Å². The molecule has 4 heteroatoms. The summed E-state index contributed by atoms with van der Waals surface area (Å²) in [6.07, 6.45) is 0. The topological polar surface area (TPSA) is 26.3 Å². The molecule has 0 bridgehead atoms. The predicted molar refractivity (Wildman–Crippen MR) is 62.8 cm³/mol. The molecular formula is C9H8BrIO2. The summed E-state index contributed by atoms with van der Waals surface area (Å²) in [5.41, 5.74) is 0.608. The third kappa shape index (κ3) is 2.67. The molecule has 0 aromatic heterocycles. The minimum Gasteiger partial charge on any atom is -0.462 e. The Kier molecular flexibility index (Phi) is 4.18. The number of rotatable bonds is 2. The Morgan fingerprint density at radius 1 is 1.62 bits per heavy atom. The van der Waals surface area contributed by atoms with E-state index in [0.717, 1.165) is 8.04 Å². The SMILES string of the molecule is CCOC(=O)c1cccc(Br)c1I. The van der Waals surface area contributed by atoms with Crippen LogP contribution in [0, 0.1) is 3.57 Å². The van der Waals surface area contributed by atoms with Crippen LogP contribution in [-0.2, 0) is 4.74 Å². The molecule has 13 heavy (non-hydrogen) atoms. The van der Waals surface area contributed by atoms with Crippen molar-refractivity contribution in [3.63, 3.8) is 0 Å². The highest BCUT2D eigenvalue weighted by molar-refractivity contribution is 14.1. The van der Waals surface area contributed by atoms with E-state index in [-0.39, 0.29) is 5.97 Å². The number of esters is 1. The fourth-order valence-corrected chi connectivity index (χ4v) is 1.82. The molecule has 0 N–H and O–H groups in total. The van der Waals surface area contributed by atoms with Gasteiger partial charge in [-0.25, -0.2) is 4.79 Å². The van der Waals surface area contributed by atoms with Gasteiger partial charge in [0.25, 0.3) is 0 Å². The van der Waals surface area contributed by atoms with Crippen LogP contribution < -0.4 is 0 Å². The second-order valence-corrected chi connectivity index (χ2v) is 4.25. The first-order valence-corrected chi connectivity index (χ1v) is 5.65. The molecule has 0 aliphatic heterocycles. The van der Waals surface area contributed by atoms with E-state index in [4.69, 9.17) is 4.74 Å². The molecule has 0 saturated carbocycles. The molecule has 0 radical (unpaired) electrons. The van der Waals surface area contributed by atoms with Gasteiger partial charge in [-0.05, 0) is 57.6 Å². The minimum atomic E-state index is -0.270. The smallest absolute Gasteiger partial charge is 0.339 e. The van der Waals surface area contributed by atoms with E-state index in [1.54, 1.807) is 13.0 Å². The lowest BCUT2D eigenvalue weighted by molar-refractivity contribution is 0.0525. The van der Waals surface area contributed by atoms with E-state index in [1.807, 2.05) is 12.1 Å². The maximum Gasteiger partial charge on any atom is 0.339 e. The molecule has 0 spiro atoms. The maximum absolute atomic E-state index is 11.4. The summed E-state index contributed by atoms with van der Waals surface area (Å²) in [6.45, 7) is 2.20. The van der Waals surface area contributed by atoms with Crippen LogP contribution in [0.15, 0.2) is 22.7 Å². The van der Waals surface area contributed by atoms with E-state index in [9.17, 15) is 4.79 Å². The molecule has 0 atom stereocenters. The van der Waals surface area contributed by atoms with Crippen LogP contribution >= 0.6 is 38.5 Å². The standard InChI is InChI=1S/C9H8BrIO2/c1-2-13-9(12)6-4-3-5-7(10)8(6)11/h3-5H,2H2,1H3. The second-order valence-electron chi connectivity index (χ2n) is 2.32. The van der Waals surface area contributed by atoms with Crippen molar-refractivity contribution in [3.8, 4) is 0 Å². The van der Waals surface area contributed by atoms with Gasteiger partial charge in [0.2, 0.25) is 0 Å². The monoisotopic (exact) mass is 354 g/mol. The van der Waals surface area contributed by atoms with Crippen molar-refractivity contribution in [1.29, 1.82) is 0 Å². The molecular weight excluding hydrogens is 347 g/mol. The quantitative estimate of drug-likeness (QED) is 0.602. The summed E-state index contributed by atoms with van der Waals surface area (Å²) in [6, 6.07) is 5.47. The highest BCUT2D eigenvalue weighted by Crippen LogP contribution is 2.22. The van der Waals surface area contributed by atoms with Crippen molar-refractivity contribution < 1.29 is 9.53 Å². The van der Waals surface area contributed by atoms with Gasteiger partial charge in [-0.1, -0.05) is 6.07 Å². The summed E-state index contributed by atoms with van der Waals surface area (Å²) < 4.78 is 6.70. The lowest BCUT2D eigenvalue weighted by Crippen LogP contribution is -2.06. The molecule has 0 amide bonds. The Bertz CT molecular complexity index is 325. The van der Waals surface area contributed by atoms with Crippen molar-refractivity contribution >= 4 is 44.5 Å². The lowest BCUT2D eigenvalue weighted by Gasteiger charge is -2.04. The summed E-state index contributed by atoms with van der Waals surface area (Å²) in [4.78, 5) is 11.4. The van der Waals surface area contributed by atoms with Crippen molar-refractivity contribution in [2.75, 3.05) is 6.61 Å². The summed E-state index contributed by atoms with van der Waals surface area (Å²) in [5, 5.41) is 0. The Hall–Kier alpha value is -0.100. The zero-order valence-corrected chi connectivity index (χ0v) is 10.8. The van der Waals surface area contributed by atoms with E-state index >= 15 is 0 Å². The van der Waals surface area contributed by atoms with Crippen molar-refractivity contribution in [2.45, 2.75) is 6.92 Å². The first kappa shape index (κ1) is 11.0. The van der Waals surface area contributed by atoms with Crippen LogP contribution in [0.2, 0.25) is 0 Å². The third-order valence-corrected chi connectivity index (χ3v) is 4.01. The van der Waals surface area contributed by atoms with Crippen molar-refractivity contribution in [3.05, 3.63) is 31.8 Å². The molecule has 0 unspecified atom stereocenters. The largest absolute Gasteiger partial charge is 0.462 e. The van der Waals surface area contributed by atoms with Gasteiger partial charge in [0.15, 0.2) is 0 Å². The Labute approximate surface area is 98.9 Å². The Morgan fingerprint density at radius 2 is 2.31 bits per heavy atom. The number of carbonyl (C=O) groups excluding carboxylic acids is 1. The summed E-state index contributed by atoms with van der Waals surface area (Å²) in [5.74, 6) is -0.270. The van der Waals surface area contributed by atoms with Crippen molar-refractivity contribution in [1.82, 2.24) is 0 Å². The predicted octanol–water partition coefficient (Wildman–Crippen LogP) is 3.23. The zero-order chi connectivity index (χ0) is 9.84. The number of benzene rings is 1. The number of hydrogen-bond donors (Lipinski definition) is 0. The van der Waals surface area contributed by atoms with Gasteiger partial charge < -0.3 is 4.74 Å². The molecule has 1 aromatic carbocycles. The number of halogens is 2. The van der Waals surface area contributed by atoms with Gasteiger partial charge in [0, 0.05) is 8.04 Å². The average molecular weight is 355 g/mol. The second kappa shape index (κ2) is 4.95. The third-order valence-electron chi connectivity index (χ3n) is 1.45. The zero-order valence-electron chi connectivity index (χ0n) is 7.01. The Morgan fingerprint density at radius 3 is 2.92 bits per heavy atom. The first-order chi connectivity index (χ1) is 6.16. The molecule has 0 fully saturated rings. The van der Waals surface area contributed by atoms with Gasteiger partial charge in [0.05, 0.1) is 12.2 Å². The normalized spacial score (nSPS) is 9.77. The fraction of sp³-hybridized carbons (Fsp3) is 0.222. The van der Waals surface area contributed by atoms with Crippen LogP contribution in [-0.4, -0.2) is 12.6 Å². The van der Waals surface area contributed by atoms with E-state index < -0.39 is 0 Å². The number of ether oxygens (including phenoxy) is 1. The van der Waals surface area contributed by atoms with Gasteiger partial charge in [-0.2, -0.15) is 0 Å². The lowest BCUT2D eigenvalue weighted by atomic mass is 10.2. The average Bonchev–Trinajstić information content (AvgIpc) is 2.10. The molecule has 0 aliphatic carbocycles. The fourth-order valence-electron chi connectivity index (χ4n) is 0.870. The molecule has 70 valence electrons. The van der Waals surface area contributed by atoms with E-state index in [1.165, 1.54) is 0 Å². The molecule has 0 heterocycles. The van der Waals surface area contributed by atoms with E-state index in [2.05, 4.69) is 38.5 Å². The minimum absolute atomic E-state index is 0.270. The van der Waals surface area contributed by atoms with Gasteiger partial charge in [-0.15, -0.1) is 0 Å². The maximum atomic E-state index is 11.4. The Balaban J connectivity index is 3.01. The van der Waals surface area contributed by atoms with Crippen LogP contribution in [0.1, 0.15) is 17.3 Å². The van der Waals surface area contributed by atoms with Crippen LogP contribution in [0.4, 0.5) is 0 Å². The highest BCUT2D eigenvalue weighted by Gasteiger charge is 2.11. The van der Waals surface area contributed by atoms with Crippen LogP contribution in [0.5, 0.6) is 0 Å². The summed E-state index contributed by atoms with van der Waals surface area (Å²) >= 11 is 5.46. The number of carbonyl (C=O) groups is 1. The number of hydrogen-bond acceptors (Lipinski definition) is 2. The van der Waals surface area contributed by atoms with Crippen LogP contribution in [0.25, 0.3) is 0 Å². The molecule has 1 rings (SSSR count). The first-order valence-electron chi connectivity index (χ1n) is 3.78.